The predicted octanol–water partition coefficient (Wildman–Crippen LogP) is 1.69. The molecule has 1 saturated heterocycles. The van der Waals surface area contributed by atoms with Crippen LogP contribution in [0.5, 0.6) is 0 Å². The second-order valence-corrected chi connectivity index (χ2v) is 5.19. The number of aliphatic hydroxyl groups excluding tert-OH is 1. The van der Waals surface area contributed by atoms with E-state index in [2.05, 4.69) is 9.80 Å². The number of hydrogen-bond acceptors (Lipinski definition) is 4. The van der Waals surface area contributed by atoms with Gasteiger partial charge < -0.3 is 15.7 Å². The molecule has 1 fully saturated rings. The van der Waals surface area contributed by atoms with Gasteiger partial charge in [0.2, 0.25) is 0 Å². The highest BCUT2D eigenvalue weighted by atomic mass is 35.5. The Morgan fingerprint density at radius 2 is 1.72 bits per heavy atom. The lowest BCUT2D eigenvalue weighted by molar-refractivity contribution is 0.189. The summed E-state index contributed by atoms with van der Waals surface area (Å²) in [6, 6.07) is 3.51. The molecule has 1 aromatic carbocycles. The van der Waals surface area contributed by atoms with Crippen molar-refractivity contribution in [3.63, 3.8) is 0 Å². The second kappa shape index (κ2) is 5.97. The van der Waals surface area contributed by atoms with Gasteiger partial charge >= 0.3 is 0 Å². The van der Waals surface area contributed by atoms with E-state index in [9.17, 15) is 0 Å². The van der Waals surface area contributed by atoms with Gasteiger partial charge in [-0.05, 0) is 12.1 Å². The Morgan fingerprint density at radius 3 is 2.33 bits per heavy atom. The Hall–Kier alpha value is -0.680. The maximum absolute atomic E-state index is 8.91. The first kappa shape index (κ1) is 13.7. The zero-order valence-electron chi connectivity index (χ0n) is 10.1. The largest absolute Gasteiger partial charge is 0.397 e. The molecular weight excluding hydrogens is 273 g/mol. The molecule has 0 bridgehead atoms. The molecule has 18 heavy (non-hydrogen) atoms. The van der Waals surface area contributed by atoms with Crippen molar-refractivity contribution in [2.24, 2.45) is 0 Å². The molecule has 6 heteroatoms. The molecular formula is C12H17Cl2N3O. The van der Waals surface area contributed by atoms with Gasteiger partial charge in [-0.2, -0.15) is 0 Å². The number of hydrogen-bond donors (Lipinski definition) is 2. The van der Waals surface area contributed by atoms with Crippen LogP contribution in [0.2, 0.25) is 10.0 Å². The number of rotatable bonds is 3. The molecule has 0 atom stereocenters. The average molecular weight is 290 g/mol. The third kappa shape index (κ3) is 3.01. The van der Waals surface area contributed by atoms with Crippen LogP contribution in [-0.4, -0.2) is 49.3 Å². The first-order chi connectivity index (χ1) is 8.61. The zero-order chi connectivity index (χ0) is 13.1. The van der Waals surface area contributed by atoms with Gasteiger partial charge in [-0.25, -0.2) is 0 Å². The van der Waals surface area contributed by atoms with E-state index >= 15 is 0 Å². The number of nitrogens with zero attached hydrogens (tertiary/aromatic N) is 2. The van der Waals surface area contributed by atoms with Gasteiger partial charge in [0.25, 0.3) is 0 Å². The van der Waals surface area contributed by atoms with E-state index in [0.29, 0.717) is 15.7 Å². The van der Waals surface area contributed by atoms with E-state index in [0.717, 1.165) is 38.4 Å². The van der Waals surface area contributed by atoms with Crippen LogP contribution < -0.4 is 10.6 Å². The van der Waals surface area contributed by atoms with Gasteiger partial charge in [-0.3, -0.25) is 4.90 Å². The van der Waals surface area contributed by atoms with Crippen molar-refractivity contribution in [1.82, 2.24) is 4.90 Å². The fourth-order valence-corrected chi connectivity index (χ4v) is 2.51. The number of nitrogens with two attached hydrogens (primary N) is 1. The average Bonchev–Trinajstić information content (AvgIpc) is 2.35. The number of benzene rings is 1. The summed E-state index contributed by atoms with van der Waals surface area (Å²) in [7, 11) is 0. The molecule has 4 nitrogen and oxygen atoms in total. The van der Waals surface area contributed by atoms with Gasteiger partial charge in [0, 0.05) is 32.7 Å². The Balaban J connectivity index is 2.07. The van der Waals surface area contributed by atoms with Gasteiger partial charge in [-0.1, -0.05) is 23.2 Å². The summed E-state index contributed by atoms with van der Waals surface area (Å²) in [5, 5.41) is 9.91. The molecule has 3 N–H and O–H groups in total. The Bertz CT molecular complexity index is 420. The topological polar surface area (TPSA) is 52.7 Å². The van der Waals surface area contributed by atoms with Crippen LogP contribution >= 0.6 is 23.2 Å². The van der Waals surface area contributed by atoms with Crippen molar-refractivity contribution in [3.05, 3.63) is 22.2 Å². The molecule has 0 saturated carbocycles. The molecule has 0 amide bonds. The van der Waals surface area contributed by atoms with Crippen LogP contribution in [-0.2, 0) is 0 Å². The Labute approximate surface area is 117 Å². The molecule has 0 unspecified atom stereocenters. The Morgan fingerprint density at radius 1 is 1.11 bits per heavy atom. The second-order valence-electron chi connectivity index (χ2n) is 4.38. The predicted molar refractivity (Wildman–Crippen MR) is 76.6 cm³/mol. The minimum absolute atomic E-state index is 0.203. The molecule has 1 aliphatic heterocycles. The molecule has 1 aromatic rings. The van der Waals surface area contributed by atoms with Crippen molar-refractivity contribution in [2.75, 3.05) is 50.0 Å². The standard InChI is InChI=1S/C12H17Cl2N3O/c13-9-7-11(15)12(8-10(9)14)17-3-1-16(2-4-17)5-6-18/h7-8,18H,1-6,15H2. The maximum Gasteiger partial charge on any atom is 0.0616 e. The number of nitrogen functional groups attached to an aromatic ring is 1. The third-order valence-corrected chi connectivity index (χ3v) is 3.92. The quantitative estimate of drug-likeness (QED) is 0.832. The van der Waals surface area contributed by atoms with Crippen LogP contribution in [0.1, 0.15) is 0 Å². The molecule has 0 aliphatic carbocycles. The summed E-state index contributed by atoms with van der Waals surface area (Å²) in [6.45, 7) is 4.52. The summed E-state index contributed by atoms with van der Waals surface area (Å²) in [5.41, 5.74) is 7.57. The van der Waals surface area contributed by atoms with Crippen molar-refractivity contribution in [1.29, 1.82) is 0 Å². The minimum atomic E-state index is 0.203. The van der Waals surface area contributed by atoms with Crippen LogP contribution in [0.25, 0.3) is 0 Å². The highest BCUT2D eigenvalue weighted by Crippen LogP contribution is 2.33. The SMILES string of the molecule is Nc1cc(Cl)c(Cl)cc1N1CCN(CCO)CC1. The molecule has 0 radical (unpaired) electrons. The van der Waals surface area contributed by atoms with E-state index in [4.69, 9.17) is 34.0 Å². The van der Waals surface area contributed by atoms with Gasteiger partial charge in [-0.15, -0.1) is 0 Å². The summed E-state index contributed by atoms with van der Waals surface area (Å²) in [4.78, 5) is 4.43. The van der Waals surface area contributed by atoms with E-state index in [1.807, 2.05) is 6.07 Å². The van der Waals surface area contributed by atoms with Crippen LogP contribution in [0.4, 0.5) is 11.4 Å². The summed E-state index contributed by atoms with van der Waals surface area (Å²) in [6.07, 6.45) is 0. The smallest absolute Gasteiger partial charge is 0.0616 e. The van der Waals surface area contributed by atoms with Crippen LogP contribution in [0, 0.1) is 0 Å². The summed E-state index contributed by atoms with van der Waals surface area (Å²) < 4.78 is 0. The lowest BCUT2D eigenvalue weighted by Crippen LogP contribution is -2.47. The normalized spacial score (nSPS) is 17.2. The number of β-amino-alcohol motifs (C(OH)–C–C–N with tert-alkyl or cyclic N) is 1. The first-order valence-electron chi connectivity index (χ1n) is 5.94. The minimum Gasteiger partial charge on any atom is -0.397 e. The number of piperazine rings is 1. The monoisotopic (exact) mass is 289 g/mol. The lowest BCUT2D eigenvalue weighted by Gasteiger charge is -2.36. The van der Waals surface area contributed by atoms with Crippen molar-refractivity contribution >= 4 is 34.6 Å². The fourth-order valence-electron chi connectivity index (χ4n) is 2.18. The van der Waals surface area contributed by atoms with Gasteiger partial charge in [0.05, 0.1) is 28.0 Å². The van der Waals surface area contributed by atoms with Gasteiger partial charge in [0.15, 0.2) is 0 Å². The molecule has 100 valence electrons. The first-order valence-corrected chi connectivity index (χ1v) is 6.70. The van der Waals surface area contributed by atoms with Gasteiger partial charge in [0.1, 0.15) is 0 Å². The highest BCUT2D eigenvalue weighted by molar-refractivity contribution is 6.42. The maximum atomic E-state index is 8.91. The number of anilines is 2. The van der Waals surface area contributed by atoms with E-state index < -0.39 is 0 Å². The zero-order valence-corrected chi connectivity index (χ0v) is 11.6. The number of halogens is 2. The van der Waals surface area contributed by atoms with E-state index in [1.54, 1.807) is 6.07 Å². The van der Waals surface area contributed by atoms with Crippen molar-refractivity contribution < 1.29 is 5.11 Å². The van der Waals surface area contributed by atoms with E-state index in [-0.39, 0.29) is 6.61 Å². The van der Waals surface area contributed by atoms with Crippen molar-refractivity contribution in [2.45, 2.75) is 0 Å². The number of aliphatic hydroxyl groups is 1. The molecule has 2 rings (SSSR count). The molecule has 1 heterocycles. The molecule has 1 aliphatic rings. The fraction of sp³-hybridized carbons (Fsp3) is 0.500. The Kier molecular flexibility index (Phi) is 4.56. The van der Waals surface area contributed by atoms with Crippen LogP contribution in [0.15, 0.2) is 12.1 Å². The molecule has 0 aromatic heterocycles. The van der Waals surface area contributed by atoms with Crippen molar-refractivity contribution in [3.8, 4) is 0 Å². The summed E-state index contributed by atoms with van der Waals surface area (Å²) >= 11 is 11.9. The summed E-state index contributed by atoms with van der Waals surface area (Å²) in [5.74, 6) is 0. The lowest BCUT2D eigenvalue weighted by atomic mass is 10.2. The third-order valence-electron chi connectivity index (χ3n) is 3.20. The molecule has 0 spiro atoms. The highest BCUT2D eigenvalue weighted by Gasteiger charge is 2.19. The van der Waals surface area contributed by atoms with E-state index in [1.165, 1.54) is 0 Å². The van der Waals surface area contributed by atoms with Crippen LogP contribution in [0.3, 0.4) is 0 Å².